The zero-order valence-corrected chi connectivity index (χ0v) is 37.6. The van der Waals surface area contributed by atoms with Gasteiger partial charge in [0.25, 0.3) is 13.4 Å². The van der Waals surface area contributed by atoms with E-state index in [4.69, 9.17) is 19.4 Å². The van der Waals surface area contributed by atoms with Gasteiger partial charge in [-0.2, -0.15) is 0 Å². The summed E-state index contributed by atoms with van der Waals surface area (Å²) in [6.07, 6.45) is 0. The Labute approximate surface area is 392 Å². The van der Waals surface area contributed by atoms with Crippen LogP contribution in [0.5, 0.6) is 23.0 Å². The van der Waals surface area contributed by atoms with Crippen molar-refractivity contribution >= 4 is 124 Å². The first-order valence-corrected chi connectivity index (χ1v) is 23.7. The summed E-state index contributed by atoms with van der Waals surface area (Å²) in [6, 6.07) is 54.2. The Morgan fingerprint density at radius 3 is 1.35 bits per heavy atom. The van der Waals surface area contributed by atoms with Crippen LogP contribution in [0.3, 0.4) is 0 Å². The molecule has 11 aromatic rings. The lowest BCUT2D eigenvalue weighted by Gasteiger charge is -2.47. The summed E-state index contributed by atoms with van der Waals surface area (Å²) in [5.41, 5.74) is 25.2. The fourth-order valence-corrected chi connectivity index (χ4v) is 13.3. The fraction of sp³-hybridized carbons (Fsp3) is 0.0667. The van der Waals surface area contributed by atoms with Gasteiger partial charge in [0.2, 0.25) is 0 Å². The van der Waals surface area contributed by atoms with Crippen molar-refractivity contribution in [1.82, 2.24) is 9.97 Å². The molecule has 2 aromatic heterocycles. The highest BCUT2D eigenvalue weighted by Crippen LogP contribution is 2.58. The number of ether oxygens (including phenoxy) is 2. The van der Waals surface area contributed by atoms with Crippen LogP contribution in [-0.2, 0) is 0 Å². The maximum Gasteiger partial charge on any atom is 0.256 e. The predicted octanol–water partition coefficient (Wildman–Crippen LogP) is 11.1. The third kappa shape index (κ3) is 4.13. The smallest absolute Gasteiger partial charge is 0.256 e. The van der Waals surface area contributed by atoms with E-state index in [1.807, 2.05) is 0 Å². The van der Waals surface area contributed by atoms with Crippen LogP contribution in [0.1, 0.15) is 22.3 Å². The van der Waals surface area contributed by atoms with E-state index in [1.54, 1.807) is 0 Å². The third-order valence-electron chi connectivity index (χ3n) is 16.1. The second-order valence-electron chi connectivity index (χ2n) is 19.8. The van der Waals surface area contributed by atoms with Crippen LogP contribution in [0, 0.1) is 27.7 Å². The maximum absolute atomic E-state index is 7.17. The van der Waals surface area contributed by atoms with Gasteiger partial charge in [-0.05, 0) is 136 Å². The normalized spacial score (nSPS) is 14.3. The van der Waals surface area contributed by atoms with E-state index in [0.717, 1.165) is 123 Å². The van der Waals surface area contributed by atoms with Crippen LogP contribution in [0.2, 0.25) is 0 Å². The third-order valence-corrected chi connectivity index (χ3v) is 16.1. The molecule has 0 amide bonds. The first-order chi connectivity index (χ1) is 33.4. The zero-order chi connectivity index (χ0) is 44.6. The van der Waals surface area contributed by atoms with Crippen molar-refractivity contribution in [2.45, 2.75) is 27.7 Å². The summed E-state index contributed by atoms with van der Waals surface area (Å²) in [4.78, 5) is 16.3. The molecule has 8 heteroatoms. The fourth-order valence-electron chi connectivity index (χ4n) is 13.3. The molecule has 17 rings (SSSR count). The summed E-state index contributed by atoms with van der Waals surface area (Å²) < 4.78 is 14.3. The summed E-state index contributed by atoms with van der Waals surface area (Å²) in [5, 5.41) is 6.94. The molecule has 68 heavy (non-hydrogen) atoms. The minimum absolute atomic E-state index is 0.106. The van der Waals surface area contributed by atoms with Crippen LogP contribution in [-0.4, -0.2) is 23.4 Å². The maximum atomic E-state index is 7.17. The molecule has 0 aliphatic carbocycles. The van der Waals surface area contributed by atoms with Gasteiger partial charge in [0, 0.05) is 44.0 Å². The van der Waals surface area contributed by atoms with Crippen molar-refractivity contribution in [2.75, 3.05) is 9.80 Å². The molecule has 0 saturated carbocycles. The van der Waals surface area contributed by atoms with Gasteiger partial charge < -0.3 is 19.3 Å². The topological polar surface area (TPSA) is 50.7 Å². The van der Waals surface area contributed by atoms with Crippen molar-refractivity contribution in [3.05, 3.63) is 168 Å². The Bertz CT molecular complexity index is 4040. The van der Waals surface area contributed by atoms with Crippen molar-refractivity contribution < 1.29 is 9.47 Å². The second-order valence-corrected chi connectivity index (χ2v) is 19.8. The molecule has 0 atom stereocenters. The van der Waals surface area contributed by atoms with Gasteiger partial charge in [-0.25, -0.2) is 9.97 Å². The highest BCUT2D eigenvalue weighted by Gasteiger charge is 2.50. The van der Waals surface area contributed by atoms with E-state index in [-0.39, 0.29) is 13.4 Å². The van der Waals surface area contributed by atoms with Crippen LogP contribution < -0.4 is 52.1 Å². The summed E-state index contributed by atoms with van der Waals surface area (Å²) >= 11 is 0. The van der Waals surface area contributed by atoms with E-state index >= 15 is 0 Å². The number of fused-ring (bicyclic) bond motifs is 20. The number of rotatable bonds is 0. The number of anilines is 6. The molecular formula is C60H36B2N4O2. The first-order valence-electron chi connectivity index (χ1n) is 23.7. The lowest BCUT2D eigenvalue weighted by Crippen LogP contribution is -2.64. The van der Waals surface area contributed by atoms with Gasteiger partial charge in [0.1, 0.15) is 23.0 Å². The molecule has 0 spiro atoms. The average molecular weight is 867 g/mol. The highest BCUT2D eigenvalue weighted by molar-refractivity contribution is 7.02. The van der Waals surface area contributed by atoms with Crippen molar-refractivity contribution in [1.29, 1.82) is 0 Å². The van der Waals surface area contributed by atoms with Gasteiger partial charge in [0.05, 0.1) is 45.2 Å². The van der Waals surface area contributed by atoms with E-state index < -0.39 is 0 Å². The number of nitrogens with zero attached hydrogens (tertiary/aromatic N) is 4. The number of aromatic nitrogens is 2. The SMILES string of the molecule is Cc1ccc2c(c1)Oc1cc3c4c(nc5c(C)cccc53)-c3ccccc3N3c5cc6c(cc5B2c1c43)B1c2ccc(C)cc2Oc2cc3c4c(nc5c(C)cccc53)-c3ccccc3N6c4c21. The molecule has 0 fully saturated rings. The Hall–Kier alpha value is -8.35. The van der Waals surface area contributed by atoms with E-state index in [1.165, 1.54) is 54.7 Å². The lowest BCUT2D eigenvalue weighted by atomic mass is 9.30. The Balaban J connectivity index is 1.06. The minimum Gasteiger partial charge on any atom is -0.458 e. The number of pyridine rings is 2. The molecule has 0 saturated heterocycles. The van der Waals surface area contributed by atoms with Gasteiger partial charge >= 0.3 is 0 Å². The number of benzene rings is 9. The summed E-state index contributed by atoms with van der Waals surface area (Å²) in [7, 11) is 0. The van der Waals surface area contributed by atoms with Crippen LogP contribution in [0.4, 0.5) is 34.1 Å². The van der Waals surface area contributed by atoms with Gasteiger partial charge in [-0.15, -0.1) is 0 Å². The van der Waals surface area contributed by atoms with E-state index in [0.29, 0.717) is 0 Å². The van der Waals surface area contributed by atoms with Gasteiger partial charge in [-0.1, -0.05) is 103 Å². The number of hydrogen-bond donors (Lipinski definition) is 0. The largest absolute Gasteiger partial charge is 0.458 e. The number of aryl methyl sites for hydroxylation is 4. The molecule has 314 valence electrons. The Morgan fingerprint density at radius 2 is 0.868 bits per heavy atom. The summed E-state index contributed by atoms with van der Waals surface area (Å²) in [6.45, 7) is 8.45. The van der Waals surface area contributed by atoms with E-state index in [9.17, 15) is 0 Å². The molecule has 6 nitrogen and oxygen atoms in total. The quantitative estimate of drug-likeness (QED) is 0.112. The summed E-state index contributed by atoms with van der Waals surface area (Å²) in [5.74, 6) is 3.63. The van der Waals surface area contributed by atoms with Gasteiger partial charge in [-0.3, -0.25) is 0 Å². The monoisotopic (exact) mass is 866 g/mol. The lowest BCUT2D eigenvalue weighted by molar-refractivity contribution is 0.487. The van der Waals surface area contributed by atoms with Crippen LogP contribution in [0.15, 0.2) is 146 Å². The van der Waals surface area contributed by atoms with Crippen molar-refractivity contribution in [3.63, 3.8) is 0 Å². The Morgan fingerprint density at radius 1 is 0.397 bits per heavy atom. The second kappa shape index (κ2) is 12.0. The molecule has 0 bridgehead atoms. The number of hydrogen-bond acceptors (Lipinski definition) is 6. The highest BCUT2D eigenvalue weighted by atomic mass is 16.5. The van der Waals surface area contributed by atoms with Crippen molar-refractivity contribution in [3.8, 4) is 45.5 Å². The van der Waals surface area contributed by atoms with Crippen LogP contribution >= 0.6 is 0 Å². The molecule has 0 radical (unpaired) electrons. The van der Waals surface area contributed by atoms with Gasteiger partial charge in [0.15, 0.2) is 0 Å². The zero-order valence-electron chi connectivity index (χ0n) is 37.6. The Kier molecular flexibility index (Phi) is 6.31. The minimum atomic E-state index is -0.106. The molecule has 6 aliphatic rings. The molecule has 0 N–H and O–H groups in total. The first kappa shape index (κ1) is 35.9. The van der Waals surface area contributed by atoms with Crippen LogP contribution in [0.25, 0.3) is 65.9 Å². The molecule has 6 aliphatic heterocycles. The molecular weight excluding hydrogens is 830 g/mol. The van der Waals surface area contributed by atoms with Crippen molar-refractivity contribution in [2.24, 2.45) is 0 Å². The molecule has 8 heterocycles. The average Bonchev–Trinajstić information content (AvgIpc) is 3.35. The molecule has 0 unspecified atom stereocenters. The predicted molar refractivity (Wildman–Crippen MR) is 281 cm³/mol. The van der Waals surface area contributed by atoms with E-state index in [2.05, 4.69) is 183 Å². The standard InChI is InChI=1S/C60H36B2N4O2/c1-29-19-21-39-47(23-29)67-49-25-37-33-15-9-11-31(3)55(33)63-57-35-13-5-7-17-43(35)65-45-28-46-42(27-41(45)61(39)53(49)59(65)51(37)57)62-40-22-20-30(2)24-48(40)68-50-26-38-34-16-10-12-32(4)56(34)64-58-36-14-6-8-18-44(36)66(46)60(52(38)58)54(50)62/h5-28H,1-4H3. The molecule has 9 aromatic carbocycles. The number of para-hydroxylation sites is 4.